The van der Waals surface area contributed by atoms with Gasteiger partial charge in [0.25, 0.3) is 0 Å². The molecule has 0 fully saturated rings. The summed E-state index contributed by atoms with van der Waals surface area (Å²) in [5.41, 5.74) is 2.12. The number of carbonyl (C=O) groups is 1. The largest absolute Gasteiger partial charge is 0 e. The van der Waals surface area contributed by atoms with Gasteiger partial charge in [-0.15, -0.1) is 0 Å². The van der Waals surface area contributed by atoms with Gasteiger partial charge < -0.3 is 9.84 Å². The molecule has 0 unspecified atom stereocenters. The monoisotopic (exact) mass is 402 g/mol. The molecule has 7 heteroatoms. The van der Waals surface area contributed by atoms with E-state index < -0.39 is 12.2 Å². The van der Waals surface area contributed by atoms with E-state index in [-0.39, 0.29) is 23.3 Å². The van der Waals surface area contributed by atoms with Crippen LogP contribution in [0, 0.1) is 20.0 Å². The molecule has 0 amide bonds. The first-order chi connectivity index (χ1) is 12.8. The molecule has 1 aliphatic rings. The Bertz CT molecular complexity index is 766. The van der Waals surface area contributed by atoms with Gasteiger partial charge in [0, 0.05) is 22.9 Å². The number of benzene rings is 2. The molecule has 0 bridgehead atoms. The van der Waals surface area contributed by atoms with Crippen molar-refractivity contribution >= 4 is 5.97 Å². The van der Waals surface area contributed by atoms with Gasteiger partial charge in [-0.25, -0.2) is 4.79 Å². The van der Waals surface area contributed by atoms with E-state index >= 15 is 0 Å². The van der Waals surface area contributed by atoms with E-state index in [0.717, 1.165) is 11.1 Å². The van der Waals surface area contributed by atoms with Gasteiger partial charge in [-0.05, 0) is 23.8 Å². The third-order valence-electron chi connectivity index (χ3n) is 3.33. The minimum absolute atomic E-state index is 0. The average molecular weight is 402 g/mol. The Kier molecular flexibility index (Phi) is 15.4. The molecule has 27 heavy (non-hydrogen) atoms. The number of ether oxygens (including phenoxy) is 1. The molecule has 0 saturated heterocycles. The molecular formula is C20H14CrO6. The maximum absolute atomic E-state index is 12.1. The number of esters is 1. The van der Waals surface area contributed by atoms with Crippen molar-refractivity contribution < 1.29 is 46.0 Å². The van der Waals surface area contributed by atoms with Crippen molar-refractivity contribution in [2.75, 3.05) is 0 Å². The molecule has 0 aromatic heterocycles. The van der Waals surface area contributed by atoms with E-state index in [1.165, 1.54) is 0 Å². The van der Waals surface area contributed by atoms with Gasteiger partial charge in [0.15, 0.2) is 0 Å². The molecule has 0 spiro atoms. The Hall–Kier alpha value is -2.64. The van der Waals surface area contributed by atoms with Crippen LogP contribution in [-0.2, 0) is 36.1 Å². The van der Waals surface area contributed by atoms with Gasteiger partial charge >= 0.3 is 39.9 Å². The molecular weight excluding hydrogens is 388 g/mol. The van der Waals surface area contributed by atoms with Crippen LogP contribution in [0.2, 0.25) is 0 Å². The molecule has 0 radical (unpaired) electrons. The Morgan fingerprint density at radius 3 is 1.85 bits per heavy atom. The molecule has 136 valence electrons. The summed E-state index contributed by atoms with van der Waals surface area (Å²) >= 11 is 0. The van der Waals surface area contributed by atoms with Crippen LogP contribution < -0.4 is 0 Å². The molecule has 0 aliphatic heterocycles. The van der Waals surface area contributed by atoms with E-state index in [1.54, 1.807) is 36.4 Å². The second-order valence-electron chi connectivity index (χ2n) is 4.65. The molecule has 0 saturated carbocycles. The maximum Gasteiger partial charge on any atom is 0 e. The van der Waals surface area contributed by atoms with Crippen LogP contribution in [0.15, 0.2) is 66.7 Å². The molecule has 6 nitrogen and oxygen atoms in total. The molecule has 2 aromatic rings. The minimum Gasteiger partial charge on any atom is 0 e. The van der Waals surface area contributed by atoms with Crippen molar-refractivity contribution in [2.45, 2.75) is 12.2 Å². The summed E-state index contributed by atoms with van der Waals surface area (Å²) in [5, 5.41) is 9.90. The summed E-state index contributed by atoms with van der Waals surface area (Å²) in [5.74, 6) is -0.369. The normalized spacial score (nSPS) is 15.2. The Balaban J connectivity index is 0. The standard InChI is InChI=1S/C17H14O3.3CO.Cr/c18-15-10-11-16(14-9-5-4-8-13(14)15)20-17(19)12-6-2-1-3-7-12;3*1-2;/h1-11,15-16,18H;;;;/t15-,16+;;;;/m1..../s1. The van der Waals surface area contributed by atoms with Crippen molar-refractivity contribution in [3.8, 4) is 0 Å². The second kappa shape index (κ2) is 15.6. The fraction of sp³-hybridized carbons (Fsp3) is 0.100. The van der Waals surface area contributed by atoms with Gasteiger partial charge in [0.2, 0.25) is 0 Å². The predicted molar refractivity (Wildman–Crippen MR) is 86.9 cm³/mol. The molecule has 0 heterocycles. The van der Waals surface area contributed by atoms with Crippen molar-refractivity contribution in [3.05, 3.63) is 103 Å². The van der Waals surface area contributed by atoms with Crippen molar-refractivity contribution in [3.63, 3.8) is 0 Å². The number of rotatable bonds is 2. The van der Waals surface area contributed by atoms with Crippen molar-refractivity contribution in [1.82, 2.24) is 0 Å². The van der Waals surface area contributed by atoms with Crippen LogP contribution in [0.5, 0.6) is 0 Å². The van der Waals surface area contributed by atoms with Crippen LogP contribution in [-0.4, -0.2) is 11.1 Å². The number of hydrogen-bond acceptors (Lipinski definition) is 3. The van der Waals surface area contributed by atoms with E-state index in [0.29, 0.717) is 5.56 Å². The number of hydrogen-bond donors (Lipinski definition) is 1. The first kappa shape index (κ1) is 26.6. The molecule has 3 rings (SSSR count). The van der Waals surface area contributed by atoms with Gasteiger partial charge in [0.1, 0.15) is 6.10 Å². The number of aliphatic hydroxyl groups is 1. The summed E-state index contributed by atoms with van der Waals surface area (Å²) in [6.07, 6.45) is 2.26. The average Bonchev–Trinajstić information content (AvgIpc) is 2.75. The van der Waals surface area contributed by atoms with Crippen LogP contribution in [0.4, 0.5) is 0 Å². The SMILES string of the molecule is O=C(O[C@H]1C=C[C@@H](O)c2ccccc21)c1ccccc1.[C-]#[O+].[C-]#[O+].[C-]#[O+].[Cr]. The summed E-state index contributed by atoms with van der Waals surface area (Å²) < 4.78 is 28.0. The fourth-order valence-corrected chi connectivity index (χ4v) is 2.31. The fourth-order valence-electron chi connectivity index (χ4n) is 2.31. The Labute approximate surface area is 167 Å². The number of fused-ring (bicyclic) bond motifs is 1. The Morgan fingerprint density at radius 2 is 1.30 bits per heavy atom. The molecule has 1 N–H and O–H groups in total. The summed E-state index contributed by atoms with van der Waals surface area (Å²) in [4.78, 5) is 12.1. The molecule has 2 atom stereocenters. The summed E-state index contributed by atoms with van der Waals surface area (Å²) in [6, 6.07) is 16.3. The van der Waals surface area contributed by atoms with Gasteiger partial charge in [-0.2, -0.15) is 0 Å². The second-order valence-corrected chi connectivity index (χ2v) is 4.65. The Morgan fingerprint density at radius 1 is 0.815 bits per heavy atom. The number of aliphatic hydroxyl groups excluding tert-OH is 1. The van der Waals surface area contributed by atoms with Gasteiger partial charge in [-0.3, -0.25) is 0 Å². The van der Waals surface area contributed by atoms with E-state index in [9.17, 15) is 9.90 Å². The van der Waals surface area contributed by atoms with Crippen LogP contribution in [0.3, 0.4) is 0 Å². The van der Waals surface area contributed by atoms with E-state index in [2.05, 4.69) is 20.0 Å². The smallest absolute Gasteiger partial charge is 0 e. The summed E-state index contributed by atoms with van der Waals surface area (Å²) in [7, 11) is 0. The quantitative estimate of drug-likeness (QED) is 0.361. The zero-order chi connectivity index (χ0) is 19.9. The van der Waals surface area contributed by atoms with Crippen LogP contribution in [0.1, 0.15) is 33.7 Å². The molecule has 1 aliphatic carbocycles. The minimum atomic E-state index is -0.641. The maximum atomic E-state index is 12.1. The van der Waals surface area contributed by atoms with Crippen molar-refractivity contribution in [2.24, 2.45) is 0 Å². The van der Waals surface area contributed by atoms with Crippen LogP contribution in [0.25, 0.3) is 0 Å². The first-order valence-corrected chi connectivity index (χ1v) is 7.08. The van der Waals surface area contributed by atoms with E-state index in [1.807, 2.05) is 30.3 Å². The third-order valence-corrected chi connectivity index (χ3v) is 3.33. The topological polar surface area (TPSA) is 106 Å². The van der Waals surface area contributed by atoms with Crippen molar-refractivity contribution in [1.29, 1.82) is 0 Å². The summed E-state index contributed by atoms with van der Waals surface area (Å²) in [6.45, 7) is 13.5. The van der Waals surface area contributed by atoms with Crippen LogP contribution >= 0.6 is 0 Å². The predicted octanol–water partition coefficient (Wildman–Crippen LogP) is 3.07. The zero-order valence-electron chi connectivity index (χ0n) is 13.9. The van der Waals surface area contributed by atoms with Gasteiger partial charge in [-0.1, -0.05) is 48.5 Å². The molecule has 2 aromatic carbocycles. The van der Waals surface area contributed by atoms with Gasteiger partial charge in [0.05, 0.1) is 11.7 Å². The first-order valence-electron chi connectivity index (χ1n) is 7.08. The van der Waals surface area contributed by atoms with E-state index in [4.69, 9.17) is 18.7 Å². The third kappa shape index (κ3) is 7.64. The zero-order valence-corrected chi connectivity index (χ0v) is 15.2. The number of carbonyl (C=O) groups excluding carboxylic acids is 1.